The number of thiophene rings is 1. The molecule has 0 saturated carbocycles. The zero-order valence-corrected chi connectivity index (χ0v) is 11.3. The summed E-state index contributed by atoms with van der Waals surface area (Å²) in [4.78, 5) is 15.6. The van der Waals surface area contributed by atoms with Crippen LogP contribution in [0.3, 0.4) is 0 Å². The lowest BCUT2D eigenvalue weighted by atomic mass is 10.0. The van der Waals surface area contributed by atoms with Crippen molar-refractivity contribution in [1.82, 2.24) is 4.90 Å². The van der Waals surface area contributed by atoms with Crippen LogP contribution in [0.5, 0.6) is 0 Å². The average molecular weight is 252 g/mol. The molecule has 4 heteroatoms. The first-order valence-electron chi connectivity index (χ1n) is 6.24. The highest BCUT2D eigenvalue weighted by molar-refractivity contribution is 7.10. The van der Waals surface area contributed by atoms with Gasteiger partial charge in [0.05, 0.1) is 6.04 Å². The van der Waals surface area contributed by atoms with E-state index in [0.717, 1.165) is 19.4 Å². The Kier molecular flexibility index (Phi) is 3.84. The predicted octanol–water partition coefficient (Wildman–Crippen LogP) is 2.32. The summed E-state index contributed by atoms with van der Waals surface area (Å²) < 4.78 is 0. The Labute approximate surface area is 107 Å². The molecule has 1 aromatic rings. The van der Waals surface area contributed by atoms with E-state index in [1.807, 2.05) is 11.8 Å². The Morgan fingerprint density at radius 3 is 3.18 bits per heavy atom. The number of carbonyl (C=O) groups is 1. The molecule has 2 atom stereocenters. The highest BCUT2D eigenvalue weighted by Gasteiger charge is 2.28. The molecule has 0 aromatic carbocycles. The molecule has 0 spiro atoms. The monoisotopic (exact) mass is 252 g/mol. The van der Waals surface area contributed by atoms with Gasteiger partial charge in [0.2, 0.25) is 5.91 Å². The normalized spacial score (nSPS) is 21.1. The first kappa shape index (κ1) is 12.6. The third-order valence-corrected chi connectivity index (χ3v) is 4.56. The number of rotatable bonds is 3. The van der Waals surface area contributed by atoms with Gasteiger partial charge < -0.3 is 10.6 Å². The maximum atomic E-state index is 12.2. The zero-order valence-electron chi connectivity index (χ0n) is 10.5. The van der Waals surface area contributed by atoms with Crippen LogP contribution in [0.1, 0.15) is 43.2 Å². The van der Waals surface area contributed by atoms with Gasteiger partial charge in [-0.05, 0) is 36.8 Å². The van der Waals surface area contributed by atoms with E-state index in [2.05, 4.69) is 18.4 Å². The number of nitrogens with two attached hydrogens (primary N) is 1. The fraction of sp³-hybridized carbons (Fsp3) is 0.615. The molecule has 2 heterocycles. The van der Waals surface area contributed by atoms with Crippen LogP contribution < -0.4 is 5.73 Å². The van der Waals surface area contributed by atoms with Crippen molar-refractivity contribution in [2.45, 2.75) is 45.2 Å². The van der Waals surface area contributed by atoms with Crippen molar-refractivity contribution >= 4 is 17.2 Å². The number of hydrogen-bond donors (Lipinski definition) is 1. The molecule has 0 bridgehead atoms. The Balaban J connectivity index is 2.07. The van der Waals surface area contributed by atoms with Gasteiger partial charge in [-0.2, -0.15) is 0 Å². The smallest absolute Gasteiger partial charge is 0.224 e. The molecule has 0 aliphatic carbocycles. The zero-order chi connectivity index (χ0) is 12.4. The van der Waals surface area contributed by atoms with Crippen molar-refractivity contribution in [3.8, 4) is 0 Å². The molecule has 2 rings (SSSR count). The van der Waals surface area contributed by atoms with Crippen LogP contribution >= 0.6 is 11.3 Å². The van der Waals surface area contributed by atoms with Gasteiger partial charge in [0.1, 0.15) is 0 Å². The van der Waals surface area contributed by atoms with Crippen LogP contribution in [0, 0.1) is 0 Å². The van der Waals surface area contributed by atoms with Crippen LogP contribution in [0.4, 0.5) is 0 Å². The molecule has 94 valence electrons. The van der Waals surface area contributed by atoms with Gasteiger partial charge in [0, 0.05) is 23.9 Å². The molecule has 1 aromatic heterocycles. The number of carbonyl (C=O) groups excluding carboxylic acids is 1. The summed E-state index contributed by atoms with van der Waals surface area (Å²) in [7, 11) is 0. The van der Waals surface area contributed by atoms with Gasteiger partial charge in [0.15, 0.2) is 0 Å². The van der Waals surface area contributed by atoms with Gasteiger partial charge in [0.25, 0.3) is 0 Å². The maximum Gasteiger partial charge on any atom is 0.224 e. The molecule has 0 fully saturated rings. The van der Waals surface area contributed by atoms with Crippen LogP contribution in [0.25, 0.3) is 0 Å². The first-order chi connectivity index (χ1) is 8.13. The third-order valence-electron chi connectivity index (χ3n) is 3.56. The molecule has 2 N–H and O–H groups in total. The number of nitrogens with zero attached hydrogens (tertiary/aromatic N) is 1. The second-order valence-electron chi connectivity index (χ2n) is 4.68. The van der Waals surface area contributed by atoms with Crippen molar-refractivity contribution < 1.29 is 4.79 Å². The lowest BCUT2D eigenvalue weighted by Crippen LogP contribution is -2.40. The second-order valence-corrected chi connectivity index (χ2v) is 5.69. The Hall–Kier alpha value is -0.870. The Bertz CT molecular complexity index is 402. The summed E-state index contributed by atoms with van der Waals surface area (Å²) in [6.07, 6.45) is 2.32. The minimum absolute atomic E-state index is 0.00132. The van der Waals surface area contributed by atoms with Crippen molar-refractivity contribution in [3.63, 3.8) is 0 Å². The Morgan fingerprint density at radius 1 is 1.71 bits per heavy atom. The second kappa shape index (κ2) is 5.19. The average Bonchev–Trinajstić information content (AvgIpc) is 2.78. The fourth-order valence-electron chi connectivity index (χ4n) is 2.34. The molecule has 1 amide bonds. The summed E-state index contributed by atoms with van der Waals surface area (Å²) in [5.41, 5.74) is 7.17. The Morgan fingerprint density at radius 2 is 2.47 bits per heavy atom. The van der Waals surface area contributed by atoms with E-state index >= 15 is 0 Å². The highest BCUT2D eigenvalue weighted by atomic mass is 32.1. The van der Waals surface area contributed by atoms with Gasteiger partial charge in [-0.15, -0.1) is 11.3 Å². The summed E-state index contributed by atoms with van der Waals surface area (Å²) in [5.74, 6) is 0.198. The van der Waals surface area contributed by atoms with Gasteiger partial charge in [-0.1, -0.05) is 6.92 Å². The predicted molar refractivity (Wildman–Crippen MR) is 71.0 cm³/mol. The number of amides is 1. The maximum absolute atomic E-state index is 12.2. The number of fused-ring (bicyclic) bond motifs is 1. The lowest BCUT2D eigenvalue weighted by molar-refractivity contribution is -0.134. The van der Waals surface area contributed by atoms with E-state index in [1.165, 1.54) is 10.4 Å². The topological polar surface area (TPSA) is 46.3 Å². The molecule has 1 aliphatic rings. The van der Waals surface area contributed by atoms with E-state index in [1.54, 1.807) is 11.3 Å². The fourth-order valence-corrected chi connectivity index (χ4v) is 3.30. The van der Waals surface area contributed by atoms with Crippen LogP contribution in [-0.4, -0.2) is 23.4 Å². The van der Waals surface area contributed by atoms with Gasteiger partial charge in [-0.25, -0.2) is 0 Å². The molecular weight excluding hydrogens is 232 g/mol. The largest absolute Gasteiger partial charge is 0.335 e. The van der Waals surface area contributed by atoms with E-state index in [-0.39, 0.29) is 18.0 Å². The third kappa shape index (κ3) is 2.53. The summed E-state index contributed by atoms with van der Waals surface area (Å²) in [6.45, 7) is 4.97. The summed E-state index contributed by atoms with van der Waals surface area (Å²) in [6, 6.07) is 2.35. The highest BCUT2D eigenvalue weighted by Crippen LogP contribution is 2.33. The first-order valence-corrected chi connectivity index (χ1v) is 7.12. The van der Waals surface area contributed by atoms with Gasteiger partial charge in [-0.3, -0.25) is 4.79 Å². The van der Waals surface area contributed by atoms with E-state index in [9.17, 15) is 4.79 Å². The van der Waals surface area contributed by atoms with Crippen molar-refractivity contribution in [2.75, 3.05) is 6.54 Å². The van der Waals surface area contributed by atoms with Crippen LogP contribution in [0.2, 0.25) is 0 Å². The van der Waals surface area contributed by atoms with Crippen LogP contribution in [-0.2, 0) is 11.2 Å². The summed E-state index contributed by atoms with van der Waals surface area (Å²) in [5, 5.41) is 2.12. The van der Waals surface area contributed by atoms with E-state index in [0.29, 0.717) is 6.42 Å². The minimum atomic E-state index is -0.00132. The SMILES string of the molecule is CCC(N)CC(=O)N1CCc2sccc2C1C. The molecule has 17 heavy (non-hydrogen) atoms. The number of hydrogen-bond acceptors (Lipinski definition) is 3. The molecule has 0 saturated heterocycles. The lowest BCUT2D eigenvalue weighted by Gasteiger charge is -2.34. The van der Waals surface area contributed by atoms with E-state index in [4.69, 9.17) is 5.73 Å². The van der Waals surface area contributed by atoms with Crippen molar-refractivity contribution in [1.29, 1.82) is 0 Å². The van der Waals surface area contributed by atoms with Crippen molar-refractivity contribution in [2.24, 2.45) is 5.73 Å². The summed E-state index contributed by atoms with van der Waals surface area (Å²) >= 11 is 1.80. The quantitative estimate of drug-likeness (QED) is 0.897. The molecule has 3 nitrogen and oxygen atoms in total. The molecule has 2 unspecified atom stereocenters. The molecular formula is C13H20N2OS. The van der Waals surface area contributed by atoms with Crippen LogP contribution in [0.15, 0.2) is 11.4 Å². The standard InChI is InChI=1S/C13H20N2OS/c1-3-10(14)8-13(16)15-6-4-12-11(9(15)2)5-7-17-12/h5,7,9-10H,3-4,6,8,14H2,1-2H3. The van der Waals surface area contributed by atoms with Crippen molar-refractivity contribution in [3.05, 3.63) is 21.9 Å². The molecule has 1 aliphatic heterocycles. The van der Waals surface area contributed by atoms with E-state index < -0.39 is 0 Å². The van der Waals surface area contributed by atoms with Gasteiger partial charge >= 0.3 is 0 Å². The minimum Gasteiger partial charge on any atom is -0.335 e. The molecule has 0 radical (unpaired) electrons.